The van der Waals surface area contributed by atoms with Gasteiger partial charge in [0, 0.05) is 18.7 Å². The van der Waals surface area contributed by atoms with Crippen LogP contribution in [-0.2, 0) is 4.79 Å². The van der Waals surface area contributed by atoms with Gasteiger partial charge < -0.3 is 11.1 Å². The van der Waals surface area contributed by atoms with Crippen molar-refractivity contribution in [3.05, 3.63) is 34.4 Å². The van der Waals surface area contributed by atoms with Crippen molar-refractivity contribution < 1.29 is 9.72 Å². The summed E-state index contributed by atoms with van der Waals surface area (Å²) in [4.78, 5) is 24.5. The third kappa shape index (κ3) is 3.77. The van der Waals surface area contributed by atoms with Crippen molar-refractivity contribution in [1.29, 1.82) is 0 Å². The zero-order chi connectivity index (χ0) is 15.4. The first-order valence-corrected chi connectivity index (χ1v) is 6.98. The Kier molecular flexibility index (Phi) is 4.87. The highest BCUT2D eigenvalue weighted by Crippen LogP contribution is 2.24. The van der Waals surface area contributed by atoms with E-state index in [-0.39, 0.29) is 23.8 Å². The average Bonchev–Trinajstić information content (AvgIpc) is 2.79. The van der Waals surface area contributed by atoms with Crippen LogP contribution in [0.25, 0.3) is 0 Å². The summed E-state index contributed by atoms with van der Waals surface area (Å²) in [5, 5.41) is 13.5. The largest absolute Gasteiger partial charge is 0.330 e. The van der Waals surface area contributed by atoms with Crippen LogP contribution in [0.15, 0.2) is 24.3 Å². The monoisotopic (exact) mass is 292 g/mol. The summed E-state index contributed by atoms with van der Waals surface area (Å²) in [5.41, 5.74) is 5.80. The molecule has 7 nitrogen and oxygen atoms in total. The fourth-order valence-electron chi connectivity index (χ4n) is 2.72. The molecule has 1 amide bonds. The van der Waals surface area contributed by atoms with Crippen LogP contribution in [0, 0.1) is 16.0 Å². The minimum absolute atomic E-state index is 0.0971. The van der Waals surface area contributed by atoms with Crippen LogP contribution >= 0.6 is 0 Å². The molecule has 0 spiro atoms. The van der Waals surface area contributed by atoms with Gasteiger partial charge in [-0.25, -0.2) is 0 Å². The second kappa shape index (κ2) is 6.64. The number of amides is 1. The Morgan fingerprint density at radius 1 is 1.52 bits per heavy atom. The second-order valence-corrected chi connectivity index (χ2v) is 5.44. The number of nitrogens with one attached hydrogen (secondary N) is 1. The fourth-order valence-corrected chi connectivity index (χ4v) is 2.72. The number of nitro groups is 1. The van der Waals surface area contributed by atoms with Gasteiger partial charge in [-0.2, -0.15) is 0 Å². The van der Waals surface area contributed by atoms with Gasteiger partial charge in [-0.15, -0.1) is 0 Å². The van der Waals surface area contributed by atoms with Gasteiger partial charge in [0.2, 0.25) is 5.91 Å². The summed E-state index contributed by atoms with van der Waals surface area (Å²) in [7, 11) is 0. The zero-order valence-electron chi connectivity index (χ0n) is 12.0. The third-order valence-corrected chi connectivity index (χ3v) is 3.85. The predicted molar refractivity (Wildman–Crippen MR) is 79.9 cm³/mol. The van der Waals surface area contributed by atoms with Gasteiger partial charge in [-0.3, -0.25) is 19.8 Å². The number of carbonyl (C=O) groups excluding carboxylic acids is 1. The van der Waals surface area contributed by atoms with Gasteiger partial charge in [-0.05, 0) is 31.9 Å². The number of nitrogens with zero attached hydrogens (tertiary/aromatic N) is 2. The minimum atomic E-state index is -0.501. The molecule has 1 aliphatic heterocycles. The van der Waals surface area contributed by atoms with Crippen LogP contribution in [0.3, 0.4) is 0 Å². The summed E-state index contributed by atoms with van der Waals surface area (Å²) >= 11 is 0. The number of para-hydroxylation sites is 2. The van der Waals surface area contributed by atoms with Gasteiger partial charge in [0.15, 0.2) is 0 Å². The molecule has 1 fully saturated rings. The predicted octanol–water partition coefficient (Wildman–Crippen LogP) is 1.20. The van der Waals surface area contributed by atoms with Crippen molar-refractivity contribution in [2.24, 2.45) is 11.7 Å². The van der Waals surface area contributed by atoms with E-state index in [1.54, 1.807) is 12.1 Å². The van der Waals surface area contributed by atoms with Crippen molar-refractivity contribution in [2.45, 2.75) is 19.4 Å². The number of likely N-dealkylation sites (tertiary alicyclic amines) is 1. The molecule has 0 radical (unpaired) electrons. The first-order chi connectivity index (χ1) is 10.0. The van der Waals surface area contributed by atoms with Crippen molar-refractivity contribution in [2.75, 3.05) is 25.0 Å². The number of hydrogen-bond acceptors (Lipinski definition) is 5. The first-order valence-electron chi connectivity index (χ1n) is 6.98. The third-order valence-electron chi connectivity index (χ3n) is 3.85. The molecule has 2 unspecified atom stereocenters. The highest BCUT2D eigenvalue weighted by Gasteiger charge is 2.29. The van der Waals surface area contributed by atoms with Crippen molar-refractivity contribution in [1.82, 2.24) is 4.90 Å². The molecular weight excluding hydrogens is 272 g/mol. The Bertz CT molecular complexity index is 535. The summed E-state index contributed by atoms with van der Waals surface area (Å²) in [6.07, 6.45) is 0.981. The van der Waals surface area contributed by atoms with E-state index in [2.05, 4.69) is 17.1 Å². The first kappa shape index (κ1) is 15.4. The number of hydrogen-bond donors (Lipinski definition) is 2. The van der Waals surface area contributed by atoms with E-state index in [4.69, 9.17) is 5.73 Å². The smallest absolute Gasteiger partial charge is 0.292 e. The normalized spacial score (nSPS) is 22.2. The van der Waals surface area contributed by atoms with Gasteiger partial charge >= 0.3 is 0 Å². The lowest BCUT2D eigenvalue weighted by molar-refractivity contribution is -0.383. The lowest BCUT2D eigenvalue weighted by Crippen LogP contribution is -2.36. The summed E-state index contributed by atoms with van der Waals surface area (Å²) in [5.74, 6) is 0.174. The molecule has 21 heavy (non-hydrogen) atoms. The van der Waals surface area contributed by atoms with E-state index in [0.29, 0.717) is 18.5 Å². The Morgan fingerprint density at radius 2 is 2.24 bits per heavy atom. The van der Waals surface area contributed by atoms with Crippen LogP contribution in [0.5, 0.6) is 0 Å². The Balaban J connectivity index is 1.98. The van der Waals surface area contributed by atoms with Gasteiger partial charge in [-0.1, -0.05) is 12.1 Å². The van der Waals surface area contributed by atoms with Crippen molar-refractivity contribution in [3.8, 4) is 0 Å². The number of carbonyl (C=O) groups is 1. The van der Waals surface area contributed by atoms with E-state index in [1.165, 1.54) is 12.1 Å². The molecule has 1 saturated heterocycles. The van der Waals surface area contributed by atoms with E-state index >= 15 is 0 Å². The Morgan fingerprint density at radius 3 is 2.86 bits per heavy atom. The second-order valence-electron chi connectivity index (χ2n) is 5.44. The van der Waals surface area contributed by atoms with E-state index < -0.39 is 4.92 Å². The molecule has 2 atom stereocenters. The average molecular weight is 292 g/mol. The standard InChI is InChI=1S/C14H20N4O3/c1-10-6-11(7-15)8-17(10)9-14(19)16-12-4-2-3-5-13(12)18(20)21/h2-5,10-11H,6-9,15H2,1H3,(H,16,19). The molecular formula is C14H20N4O3. The fraction of sp³-hybridized carbons (Fsp3) is 0.500. The number of nitrogens with two attached hydrogens (primary N) is 1. The lowest BCUT2D eigenvalue weighted by atomic mass is 10.1. The van der Waals surface area contributed by atoms with Crippen LogP contribution in [-0.4, -0.2) is 41.4 Å². The Labute approximate surface area is 123 Å². The van der Waals surface area contributed by atoms with Gasteiger partial charge in [0.05, 0.1) is 11.5 Å². The minimum Gasteiger partial charge on any atom is -0.330 e. The quantitative estimate of drug-likeness (QED) is 0.627. The molecule has 1 aromatic rings. The maximum Gasteiger partial charge on any atom is 0.292 e. The molecule has 3 N–H and O–H groups in total. The summed E-state index contributed by atoms with van der Waals surface area (Å²) < 4.78 is 0. The van der Waals surface area contributed by atoms with Crippen molar-refractivity contribution in [3.63, 3.8) is 0 Å². The molecule has 1 aliphatic rings. The van der Waals surface area contributed by atoms with E-state index in [0.717, 1.165) is 13.0 Å². The molecule has 0 bridgehead atoms. The highest BCUT2D eigenvalue weighted by molar-refractivity contribution is 5.94. The summed E-state index contributed by atoms with van der Waals surface area (Å²) in [6, 6.07) is 6.44. The molecule has 0 aliphatic carbocycles. The molecule has 0 saturated carbocycles. The summed E-state index contributed by atoms with van der Waals surface area (Å²) in [6.45, 7) is 3.70. The zero-order valence-corrected chi connectivity index (χ0v) is 12.0. The van der Waals surface area contributed by atoms with Crippen LogP contribution in [0.2, 0.25) is 0 Å². The molecule has 0 aromatic heterocycles. The highest BCUT2D eigenvalue weighted by atomic mass is 16.6. The van der Waals surface area contributed by atoms with Gasteiger partial charge in [0.1, 0.15) is 5.69 Å². The maximum atomic E-state index is 12.1. The van der Waals surface area contributed by atoms with E-state index in [9.17, 15) is 14.9 Å². The molecule has 114 valence electrons. The Hall–Kier alpha value is -1.99. The molecule has 7 heteroatoms. The number of benzene rings is 1. The topological polar surface area (TPSA) is 102 Å². The van der Waals surface area contributed by atoms with Crippen molar-refractivity contribution >= 4 is 17.3 Å². The number of rotatable bonds is 5. The maximum absolute atomic E-state index is 12.1. The lowest BCUT2D eigenvalue weighted by Gasteiger charge is -2.20. The molecule has 1 heterocycles. The molecule has 2 rings (SSSR count). The van der Waals surface area contributed by atoms with E-state index in [1.807, 2.05) is 0 Å². The van der Waals surface area contributed by atoms with Crippen LogP contribution in [0.4, 0.5) is 11.4 Å². The number of anilines is 1. The molecule has 1 aromatic carbocycles. The SMILES string of the molecule is CC1CC(CN)CN1CC(=O)Nc1ccccc1[N+](=O)[O-]. The van der Waals surface area contributed by atoms with Crippen LogP contribution in [0.1, 0.15) is 13.3 Å². The number of nitro benzene ring substituents is 1. The van der Waals surface area contributed by atoms with Gasteiger partial charge in [0.25, 0.3) is 5.69 Å². The van der Waals surface area contributed by atoms with Crippen LogP contribution < -0.4 is 11.1 Å².